The highest BCUT2D eigenvalue weighted by atomic mass is 32.2. The lowest BCUT2D eigenvalue weighted by atomic mass is 10.0. The van der Waals surface area contributed by atoms with Crippen LogP contribution in [0.4, 0.5) is 0 Å². The van der Waals surface area contributed by atoms with Crippen molar-refractivity contribution in [2.75, 3.05) is 24.6 Å². The predicted molar refractivity (Wildman–Crippen MR) is 76.5 cm³/mol. The molecule has 1 aliphatic rings. The van der Waals surface area contributed by atoms with E-state index in [0.29, 0.717) is 25.9 Å². The summed E-state index contributed by atoms with van der Waals surface area (Å²) in [5.74, 6) is 0.266. The molecule has 0 aromatic carbocycles. The summed E-state index contributed by atoms with van der Waals surface area (Å²) in [7, 11) is -2.96. The van der Waals surface area contributed by atoms with Gasteiger partial charge in [-0.25, -0.2) is 8.42 Å². The summed E-state index contributed by atoms with van der Waals surface area (Å²) in [5, 5.41) is 0. The molecule has 1 saturated heterocycles. The molecule has 0 bridgehead atoms. The SMILES string of the molecule is CCCCN(C(=O)C(C)CCN)C1CCS(=O)(=O)C1. The average Bonchev–Trinajstić information content (AvgIpc) is 2.70. The van der Waals surface area contributed by atoms with Crippen LogP contribution in [0.2, 0.25) is 0 Å². The van der Waals surface area contributed by atoms with Crippen LogP contribution in [0.5, 0.6) is 0 Å². The van der Waals surface area contributed by atoms with E-state index in [1.54, 1.807) is 4.90 Å². The van der Waals surface area contributed by atoms with Gasteiger partial charge >= 0.3 is 0 Å². The number of nitrogens with zero attached hydrogens (tertiary/aromatic N) is 1. The second-order valence-electron chi connectivity index (χ2n) is 5.42. The number of hydrogen-bond acceptors (Lipinski definition) is 4. The van der Waals surface area contributed by atoms with Crippen molar-refractivity contribution in [1.82, 2.24) is 4.90 Å². The number of rotatable bonds is 7. The Hall–Kier alpha value is -0.620. The molecule has 0 aromatic rings. The van der Waals surface area contributed by atoms with E-state index in [1.165, 1.54) is 0 Å². The highest BCUT2D eigenvalue weighted by Gasteiger charge is 2.35. The summed E-state index contributed by atoms with van der Waals surface area (Å²) in [6, 6.07) is -0.135. The monoisotopic (exact) mass is 290 g/mol. The molecule has 2 atom stereocenters. The second-order valence-corrected chi connectivity index (χ2v) is 7.65. The Balaban J connectivity index is 2.74. The minimum absolute atomic E-state index is 0.0565. The van der Waals surface area contributed by atoms with Crippen molar-refractivity contribution < 1.29 is 13.2 Å². The van der Waals surface area contributed by atoms with Crippen molar-refractivity contribution >= 4 is 15.7 Å². The van der Waals surface area contributed by atoms with Crippen LogP contribution < -0.4 is 5.73 Å². The molecule has 6 heteroatoms. The maximum absolute atomic E-state index is 12.4. The van der Waals surface area contributed by atoms with E-state index in [1.807, 2.05) is 6.92 Å². The van der Waals surface area contributed by atoms with Gasteiger partial charge in [-0.1, -0.05) is 20.3 Å². The van der Waals surface area contributed by atoms with Crippen LogP contribution in [0.15, 0.2) is 0 Å². The molecule has 1 fully saturated rings. The quantitative estimate of drug-likeness (QED) is 0.751. The van der Waals surface area contributed by atoms with Crippen molar-refractivity contribution in [1.29, 1.82) is 0 Å². The molecule has 1 aliphatic heterocycles. The fraction of sp³-hybridized carbons (Fsp3) is 0.923. The third-order valence-corrected chi connectivity index (χ3v) is 5.46. The lowest BCUT2D eigenvalue weighted by molar-refractivity contribution is -0.137. The number of unbranched alkanes of at least 4 members (excludes halogenated alkanes) is 1. The topological polar surface area (TPSA) is 80.5 Å². The van der Waals surface area contributed by atoms with Gasteiger partial charge in [0.05, 0.1) is 11.5 Å². The minimum Gasteiger partial charge on any atom is -0.338 e. The van der Waals surface area contributed by atoms with Gasteiger partial charge in [0, 0.05) is 18.5 Å². The predicted octanol–water partition coefficient (Wildman–Crippen LogP) is 0.787. The van der Waals surface area contributed by atoms with Gasteiger partial charge in [0.2, 0.25) is 5.91 Å². The molecule has 1 amide bonds. The zero-order chi connectivity index (χ0) is 14.5. The third kappa shape index (κ3) is 4.76. The number of amides is 1. The molecule has 0 radical (unpaired) electrons. The zero-order valence-electron chi connectivity index (χ0n) is 12.0. The van der Waals surface area contributed by atoms with E-state index in [9.17, 15) is 13.2 Å². The van der Waals surface area contributed by atoms with E-state index >= 15 is 0 Å². The molecule has 2 unspecified atom stereocenters. The summed E-state index contributed by atoms with van der Waals surface area (Å²) in [4.78, 5) is 14.2. The van der Waals surface area contributed by atoms with Crippen molar-refractivity contribution in [2.45, 2.75) is 45.6 Å². The molecule has 0 aromatic heterocycles. The first-order valence-electron chi connectivity index (χ1n) is 7.12. The number of carbonyl (C=O) groups is 1. The van der Waals surface area contributed by atoms with Gasteiger partial charge in [-0.3, -0.25) is 4.79 Å². The fourth-order valence-electron chi connectivity index (χ4n) is 2.48. The maximum Gasteiger partial charge on any atom is 0.225 e. The van der Waals surface area contributed by atoms with Gasteiger partial charge in [-0.05, 0) is 25.8 Å². The third-order valence-electron chi connectivity index (χ3n) is 3.71. The molecule has 2 N–H and O–H groups in total. The number of hydrogen-bond donors (Lipinski definition) is 1. The van der Waals surface area contributed by atoms with Gasteiger partial charge in [0.15, 0.2) is 9.84 Å². The van der Waals surface area contributed by atoms with Crippen LogP contribution >= 0.6 is 0 Å². The van der Waals surface area contributed by atoms with Crippen molar-refractivity contribution in [3.8, 4) is 0 Å². The molecule has 112 valence electrons. The molecule has 0 spiro atoms. The largest absolute Gasteiger partial charge is 0.338 e. The Kier molecular flexibility index (Phi) is 6.26. The molecule has 1 rings (SSSR count). The Labute approximate surface area is 116 Å². The van der Waals surface area contributed by atoms with Crippen molar-refractivity contribution in [3.05, 3.63) is 0 Å². The van der Waals surface area contributed by atoms with Gasteiger partial charge in [0.25, 0.3) is 0 Å². The Morgan fingerprint density at radius 1 is 1.47 bits per heavy atom. The Morgan fingerprint density at radius 2 is 2.16 bits per heavy atom. The van der Waals surface area contributed by atoms with Crippen LogP contribution in [0, 0.1) is 5.92 Å². The van der Waals surface area contributed by atoms with Gasteiger partial charge < -0.3 is 10.6 Å². The summed E-state index contributed by atoms with van der Waals surface area (Å²) in [5.41, 5.74) is 5.50. The van der Waals surface area contributed by atoms with E-state index in [2.05, 4.69) is 6.92 Å². The fourth-order valence-corrected chi connectivity index (χ4v) is 4.21. The summed E-state index contributed by atoms with van der Waals surface area (Å²) in [6.07, 6.45) is 3.14. The molecule has 0 saturated carbocycles. The highest BCUT2D eigenvalue weighted by Crippen LogP contribution is 2.21. The van der Waals surface area contributed by atoms with E-state index in [4.69, 9.17) is 5.73 Å². The summed E-state index contributed by atoms with van der Waals surface area (Å²) in [6.45, 7) is 5.08. The molecule has 1 heterocycles. The highest BCUT2D eigenvalue weighted by molar-refractivity contribution is 7.91. The first-order chi connectivity index (χ1) is 8.91. The van der Waals surface area contributed by atoms with E-state index < -0.39 is 9.84 Å². The average molecular weight is 290 g/mol. The normalized spacial score (nSPS) is 23.2. The van der Waals surface area contributed by atoms with Gasteiger partial charge in [0.1, 0.15) is 0 Å². The number of sulfone groups is 1. The van der Waals surface area contributed by atoms with Crippen LogP contribution in [-0.2, 0) is 14.6 Å². The molecule has 0 aliphatic carbocycles. The van der Waals surface area contributed by atoms with Crippen molar-refractivity contribution in [2.24, 2.45) is 11.7 Å². The van der Waals surface area contributed by atoms with Gasteiger partial charge in [-0.2, -0.15) is 0 Å². The summed E-state index contributed by atoms with van der Waals surface area (Å²) < 4.78 is 23.2. The standard InChI is InChI=1S/C13H26N2O3S/c1-3-4-8-15(13(16)11(2)5-7-14)12-6-9-19(17,18)10-12/h11-12H,3-10,14H2,1-2H3. The molecular formula is C13H26N2O3S. The van der Waals surface area contributed by atoms with Crippen molar-refractivity contribution in [3.63, 3.8) is 0 Å². The van der Waals surface area contributed by atoms with Crippen LogP contribution in [-0.4, -0.2) is 49.9 Å². The molecule has 5 nitrogen and oxygen atoms in total. The van der Waals surface area contributed by atoms with Gasteiger partial charge in [-0.15, -0.1) is 0 Å². The smallest absolute Gasteiger partial charge is 0.225 e. The van der Waals surface area contributed by atoms with E-state index in [0.717, 1.165) is 12.8 Å². The summed E-state index contributed by atoms with van der Waals surface area (Å²) >= 11 is 0. The number of carbonyl (C=O) groups excluding carboxylic acids is 1. The molecular weight excluding hydrogens is 264 g/mol. The Bertz CT molecular complexity index is 395. The lowest BCUT2D eigenvalue weighted by Crippen LogP contribution is -2.44. The van der Waals surface area contributed by atoms with Crippen LogP contribution in [0.1, 0.15) is 39.5 Å². The minimum atomic E-state index is -2.96. The van der Waals surface area contributed by atoms with Crippen LogP contribution in [0.3, 0.4) is 0 Å². The second kappa shape index (κ2) is 7.24. The first-order valence-corrected chi connectivity index (χ1v) is 8.94. The maximum atomic E-state index is 12.4. The van der Waals surface area contributed by atoms with Crippen LogP contribution in [0.25, 0.3) is 0 Å². The van der Waals surface area contributed by atoms with E-state index in [-0.39, 0.29) is 29.4 Å². The first kappa shape index (κ1) is 16.4. The molecule has 19 heavy (non-hydrogen) atoms. The lowest BCUT2D eigenvalue weighted by Gasteiger charge is -2.30. The number of nitrogens with two attached hydrogens (primary N) is 1. The zero-order valence-corrected chi connectivity index (χ0v) is 12.8. The Morgan fingerprint density at radius 3 is 2.63 bits per heavy atom.